The number of piperidine rings is 1. The maximum absolute atomic E-state index is 12.8. The molecule has 0 aliphatic carbocycles. The zero-order valence-electron chi connectivity index (χ0n) is 18.9. The smallest absolute Gasteiger partial charge is 0.262 e. The van der Waals surface area contributed by atoms with Crippen LogP contribution in [-0.4, -0.2) is 68.1 Å². The first-order chi connectivity index (χ1) is 14.8. The molecular weight excluding hydrogens is 454 g/mol. The third-order valence-corrected chi connectivity index (χ3v) is 9.34. The highest BCUT2D eigenvalue weighted by Crippen LogP contribution is 2.27. The molecule has 10 nitrogen and oxygen atoms in total. The minimum absolute atomic E-state index is 0.00921. The van der Waals surface area contributed by atoms with Crippen LogP contribution < -0.4 is 5.32 Å². The van der Waals surface area contributed by atoms with Gasteiger partial charge in [0.2, 0.25) is 15.9 Å². The first-order valence-corrected chi connectivity index (χ1v) is 13.1. The fraction of sp³-hybridized carbons (Fsp3) is 0.500. The molecule has 2 aromatic rings. The van der Waals surface area contributed by atoms with Gasteiger partial charge < -0.3 is 9.88 Å². The van der Waals surface area contributed by atoms with Gasteiger partial charge >= 0.3 is 0 Å². The second-order valence-electron chi connectivity index (χ2n) is 8.17. The molecule has 176 valence electrons. The molecule has 0 radical (unpaired) electrons. The van der Waals surface area contributed by atoms with Crippen LogP contribution in [0.15, 0.2) is 34.3 Å². The van der Waals surface area contributed by atoms with Gasteiger partial charge in [-0.15, -0.1) is 0 Å². The van der Waals surface area contributed by atoms with Crippen molar-refractivity contribution in [2.75, 3.05) is 32.5 Å². The van der Waals surface area contributed by atoms with Crippen molar-refractivity contribution in [1.29, 1.82) is 0 Å². The van der Waals surface area contributed by atoms with E-state index in [9.17, 15) is 21.6 Å². The molecule has 1 aromatic carbocycles. The average molecular weight is 484 g/mol. The van der Waals surface area contributed by atoms with Crippen LogP contribution in [0.1, 0.15) is 24.2 Å². The van der Waals surface area contributed by atoms with Crippen molar-refractivity contribution in [3.63, 3.8) is 0 Å². The van der Waals surface area contributed by atoms with Crippen LogP contribution in [0, 0.1) is 19.8 Å². The molecule has 12 heteroatoms. The highest BCUT2D eigenvalue weighted by Gasteiger charge is 2.33. The third-order valence-electron chi connectivity index (χ3n) is 5.76. The van der Waals surface area contributed by atoms with Crippen molar-refractivity contribution in [1.82, 2.24) is 18.2 Å². The molecule has 0 spiro atoms. The van der Waals surface area contributed by atoms with E-state index in [1.54, 1.807) is 31.5 Å². The molecule has 0 atom stereocenters. The molecule has 0 unspecified atom stereocenters. The maximum Gasteiger partial charge on any atom is 0.262 e. The average Bonchev–Trinajstić information content (AvgIpc) is 3.08. The minimum atomic E-state index is -3.71. The SMILES string of the molecule is Cc1ccc(S(=O)(=O)N(C)C)cc1NC(=O)C1CCN(S(=O)(=O)c2cn(C)c(C)n2)CC1. The van der Waals surface area contributed by atoms with Crippen LogP contribution in [0.25, 0.3) is 0 Å². The number of imidazole rings is 1. The van der Waals surface area contributed by atoms with E-state index in [0.717, 1.165) is 9.87 Å². The summed E-state index contributed by atoms with van der Waals surface area (Å²) in [4.78, 5) is 17.0. The summed E-state index contributed by atoms with van der Waals surface area (Å²) in [5.74, 6) is -0.0228. The maximum atomic E-state index is 12.8. The van der Waals surface area contributed by atoms with Crippen molar-refractivity contribution in [2.24, 2.45) is 13.0 Å². The number of nitrogens with zero attached hydrogens (tertiary/aromatic N) is 4. The Bertz CT molecular complexity index is 1210. The van der Waals surface area contributed by atoms with E-state index in [4.69, 9.17) is 0 Å². The molecule has 1 fully saturated rings. The summed E-state index contributed by atoms with van der Waals surface area (Å²) >= 11 is 0. The van der Waals surface area contributed by atoms with Gasteiger partial charge in [-0.1, -0.05) is 6.07 Å². The second-order valence-corrected chi connectivity index (χ2v) is 12.2. The second kappa shape index (κ2) is 8.93. The van der Waals surface area contributed by atoms with Crippen molar-refractivity contribution < 1.29 is 21.6 Å². The minimum Gasteiger partial charge on any atom is -0.337 e. The number of aryl methyl sites for hydroxylation is 3. The van der Waals surface area contributed by atoms with E-state index < -0.39 is 20.0 Å². The molecule has 32 heavy (non-hydrogen) atoms. The predicted molar refractivity (Wildman–Crippen MR) is 120 cm³/mol. The number of carbonyl (C=O) groups excluding carboxylic acids is 1. The van der Waals surface area contributed by atoms with Crippen LogP contribution in [0.3, 0.4) is 0 Å². The van der Waals surface area contributed by atoms with Crippen molar-refractivity contribution in [2.45, 2.75) is 36.6 Å². The molecule has 1 aromatic heterocycles. The molecule has 1 aliphatic rings. The highest BCUT2D eigenvalue weighted by atomic mass is 32.2. The number of hydrogen-bond acceptors (Lipinski definition) is 6. The normalized spacial score (nSPS) is 16.4. The summed E-state index contributed by atoms with van der Waals surface area (Å²) in [5, 5.41) is 2.83. The Labute approximate surface area is 189 Å². The Morgan fingerprint density at radius 1 is 1.12 bits per heavy atom. The number of aromatic nitrogens is 2. The van der Waals surface area contributed by atoms with E-state index in [1.807, 2.05) is 0 Å². The Morgan fingerprint density at radius 2 is 1.75 bits per heavy atom. The van der Waals surface area contributed by atoms with Gasteiger partial charge in [-0.3, -0.25) is 4.79 Å². The topological polar surface area (TPSA) is 122 Å². The fourth-order valence-corrected chi connectivity index (χ4v) is 5.91. The third kappa shape index (κ3) is 4.72. The lowest BCUT2D eigenvalue weighted by atomic mass is 9.97. The fourth-order valence-electron chi connectivity index (χ4n) is 3.48. The van der Waals surface area contributed by atoms with Gasteiger partial charge in [0.1, 0.15) is 5.82 Å². The number of hydrogen-bond donors (Lipinski definition) is 1. The molecule has 3 rings (SSSR count). The number of carbonyl (C=O) groups is 1. The Hall–Kier alpha value is -2.28. The van der Waals surface area contributed by atoms with Crippen LogP contribution in [0.5, 0.6) is 0 Å². The van der Waals surface area contributed by atoms with Crippen LogP contribution in [0.2, 0.25) is 0 Å². The highest BCUT2D eigenvalue weighted by molar-refractivity contribution is 7.89. The van der Waals surface area contributed by atoms with Gasteiger partial charge in [0.15, 0.2) is 5.03 Å². The van der Waals surface area contributed by atoms with Crippen LogP contribution in [-0.2, 0) is 31.9 Å². The van der Waals surface area contributed by atoms with Crippen molar-refractivity contribution >= 4 is 31.6 Å². The lowest BCUT2D eigenvalue weighted by Gasteiger charge is -2.30. The number of amides is 1. The van der Waals surface area contributed by atoms with Crippen molar-refractivity contribution in [3.05, 3.63) is 35.8 Å². The zero-order valence-corrected chi connectivity index (χ0v) is 20.5. The molecule has 2 heterocycles. The van der Waals surface area contributed by atoms with Gasteiger partial charge in [-0.25, -0.2) is 26.1 Å². The Morgan fingerprint density at radius 3 is 2.28 bits per heavy atom. The van der Waals surface area contributed by atoms with E-state index >= 15 is 0 Å². The lowest BCUT2D eigenvalue weighted by Crippen LogP contribution is -2.41. The molecule has 1 amide bonds. The van der Waals surface area contributed by atoms with Gasteiger partial charge in [0.05, 0.1) is 4.90 Å². The van der Waals surface area contributed by atoms with E-state index in [0.29, 0.717) is 24.4 Å². The van der Waals surface area contributed by atoms with Gasteiger partial charge in [0, 0.05) is 52.0 Å². The molecule has 1 N–H and O–H groups in total. The van der Waals surface area contributed by atoms with Crippen LogP contribution in [0.4, 0.5) is 5.69 Å². The standard InChI is InChI=1S/C20H29N5O5S2/c1-14-6-7-17(31(27,28)23(3)4)12-18(14)22-20(26)16-8-10-25(11-9-16)32(29,30)19-13-24(5)15(2)21-19/h6-7,12-13,16H,8-11H2,1-5H3,(H,22,26). The molecular formula is C20H29N5O5S2. The number of sulfonamides is 2. The predicted octanol–water partition coefficient (Wildman–Crippen LogP) is 1.33. The van der Waals surface area contributed by atoms with Crippen molar-refractivity contribution in [3.8, 4) is 0 Å². The van der Waals surface area contributed by atoms with Crippen LogP contribution >= 0.6 is 0 Å². The Balaban J connectivity index is 1.69. The largest absolute Gasteiger partial charge is 0.337 e. The quantitative estimate of drug-likeness (QED) is 0.661. The molecule has 1 saturated heterocycles. The van der Waals surface area contributed by atoms with E-state index in [-0.39, 0.29) is 34.8 Å². The first-order valence-electron chi connectivity index (χ1n) is 10.2. The number of anilines is 1. The summed E-state index contributed by atoms with van der Waals surface area (Å²) < 4.78 is 54.6. The molecule has 0 bridgehead atoms. The van der Waals surface area contributed by atoms with Gasteiger partial charge in [-0.05, 0) is 44.4 Å². The summed E-state index contributed by atoms with van der Waals surface area (Å²) in [7, 11) is -2.71. The zero-order chi connectivity index (χ0) is 23.8. The summed E-state index contributed by atoms with van der Waals surface area (Å²) in [6.45, 7) is 3.94. The monoisotopic (exact) mass is 483 g/mol. The first kappa shape index (κ1) is 24.4. The van der Waals surface area contributed by atoms with E-state index in [2.05, 4.69) is 10.3 Å². The van der Waals surface area contributed by atoms with Gasteiger partial charge in [-0.2, -0.15) is 4.31 Å². The summed E-state index contributed by atoms with van der Waals surface area (Å²) in [6, 6.07) is 4.60. The summed E-state index contributed by atoms with van der Waals surface area (Å²) in [6.07, 6.45) is 2.22. The number of nitrogens with one attached hydrogen (secondary N) is 1. The lowest BCUT2D eigenvalue weighted by molar-refractivity contribution is -0.120. The molecule has 1 aliphatic heterocycles. The number of benzene rings is 1. The van der Waals surface area contributed by atoms with E-state index in [1.165, 1.54) is 36.7 Å². The Kier molecular flexibility index (Phi) is 6.80. The summed E-state index contributed by atoms with van der Waals surface area (Å²) in [5.41, 5.74) is 1.17. The van der Waals surface area contributed by atoms with Gasteiger partial charge in [0.25, 0.3) is 10.0 Å². The molecule has 0 saturated carbocycles. The number of rotatable bonds is 6.